The summed E-state index contributed by atoms with van der Waals surface area (Å²) in [5.41, 5.74) is 0.785. The number of anilines is 1. The zero-order valence-corrected chi connectivity index (χ0v) is 15.4. The van der Waals surface area contributed by atoms with Gasteiger partial charge in [0, 0.05) is 24.1 Å². The van der Waals surface area contributed by atoms with Crippen molar-refractivity contribution < 1.29 is 14.3 Å². The van der Waals surface area contributed by atoms with E-state index in [-0.39, 0.29) is 5.91 Å². The summed E-state index contributed by atoms with van der Waals surface area (Å²) < 4.78 is 10.1. The minimum Gasteiger partial charge on any atom is -0.493 e. The lowest BCUT2D eigenvalue weighted by Gasteiger charge is -2.15. The average molecular weight is 381 g/mol. The van der Waals surface area contributed by atoms with Crippen LogP contribution in [0.5, 0.6) is 11.5 Å². The maximum atomic E-state index is 12.4. The number of carbonyl (C=O) groups is 1. The number of amides is 1. The quantitative estimate of drug-likeness (QED) is 0.763. The number of benzene rings is 1. The maximum Gasteiger partial charge on any atom is 0.233 e. The van der Waals surface area contributed by atoms with Gasteiger partial charge in [-0.2, -0.15) is 0 Å². The van der Waals surface area contributed by atoms with Crippen molar-refractivity contribution in [2.75, 3.05) is 12.4 Å². The highest BCUT2D eigenvalue weighted by molar-refractivity contribution is 6.53. The number of halogens is 2. The van der Waals surface area contributed by atoms with E-state index >= 15 is 0 Å². The Morgan fingerprint density at radius 1 is 1.24 bits per heavy atom. The van der Waals surface area contributed by atoms with Crippen molar-refractivity contribution >= 4 is 34.8 Å². The molecular formula is C18H18Cl2N2O3. The highest BCUT2D eigenvalue weighted by atomic mass is 35.5. The Morgan fingerprint density at radius 3 is 2.52 bits per heavy atom. The molecule has 3 rings (SSSR count). The zero-order chi connectivity index (χ0) is 18.1. The molecule has 25 heavy (non-hydrogen) atoms. The Hall–Kier alpha value is -1.98. The van der Waals surface area contributed by atoms with Crippen molar-refractivity contribution in [3.63, 3.8) is 0 Å². The molecule has 0 spiro atoms. The first-order valence-electron chi connectivity index (χ1n) is 7.75. The smallest absolute Gasteiger partial charge is 0.233 e. The van der Waals surface area contributed by atoms with Gasteiger partial charge < -0.3 is 14.8 Å². The number of pyridine rings is 1. The lowest BCUT2D eigenvalue weighted by atomic mass is 10.1. The van der Waals surface area contributed by atoms with Crippen LogP contribution in [0, 0.1) is 5.41 Å². The molecule has 1 unspecified atom stereocenters. The zero-order valence-electron chi connectivity index (χ0n) is 13.9. The molecule has 1 saturated carbocycles. The van der Waals surface area contributed by atoms with Crippen LogP contribution in [0.1, 0.15) is 18.9 Å². The van der Waals surface area contributed by atoms with Crippen LogP contribution in [0.25, 0.3) is 0 Å². The summed E-state index contributed by atoms with van der Waals surface area (Å²) in [5, 5.41) is 2.84. The molecular weight excluding hydrogens is 363 g/mol. The molecule has 0 radical (unpaired) electrons. The van der Waals surface area contributed by atoms with Gasteiger partial charge in [-0.05, 0) is 43.2 Å². The third-order valence-corrected chi connectivity index (χ3v) is 5.43. The summed E-state index contributed by atoms with van der Waals surface area (Å²) in [6, 6.07) is 8.93. The Kier molecular flexibility index (Phi) is 4.80. The average Bonchev–Trinajstić information content (AvgIpc) is 3.13. The number of aromatic nitrogens is 1. The summed E-state index contributed by atoms with van der Waals surface area (Å²) in [4.78, 5) is 16.4. The molecule has 1 fully saturated rings. The molecule has 1 aliphatic carbocycles. The standard InChI is InChI=1S/C18H18Cl2N2O3/c1-17(11-18(17,19)20)16(23)22-13-3-4-14(24-2)15(9-13)25-10-12-5-7-21-8-6-12/h3-9H,10-11H2,1-2H3,(H,22,23). The van der Waals surface area contributed by atoms with E-state index in [1.165, 1.54) is 0 Å². The van der Waals surface area contributed by atoms with E-state index < -0.39 is 9.75 Å². The molecule has 2 aromatic rings. The summed E-state index contributed by atoms with van der Waals surface area (Å²) in [5.74, 6) is 0.887. The predicted octanol–water partition coefficient (Wildman–Crippen LogP) is 4.19. The first kappa shape index (κ1) is 17.8. The van der Waals surface area contributed by atoms with Gasteiger partial charge >= 0.3 is 0 Å². The van der Waals surface area contributed by atoms with Crippen LogP contribution in [-0.4, -0.2) is 22.3 Å². The molecule has 1 heterocycles. The molecule has 1 atom stereocenters. The van der Waals surface area contributed by atoms with Crippen molar-refractivity contribution in [3.05, 3.63) is 48.3 Å². The van der Waals surface area contributed by atoms with Gasteiger partial charge in [0.2, 0.25) is 5.91 Å². The molecule has 5 nitrogen and oxygen atoms in total. The normalized spacial score (nSPS) is 20.6. The Labute approximate surface area is 156 Å². The number of nitrogens with one attached hydrogen (secondary N) is 1. The number of hydrogen-bond donors (Lipinski definition) is 1. The minimum atomic E-state index is -1.01. The molecule has 0 bridgehead atoms. The molecule has 7 heteroatoms. The molecule has 0 saturated heterocycles. The summed E-state index contributed by atoms with van der Waals surface area (Å²) in [7, 11) is 1.56. The monoisotopic (exact) mass is 380 g/mol. The van der Waals surface area contributed by atoms with E-state index in [1.54, 1.807) is 44.6 Å². The van der Waals surface area contributed by atoms with E-state index in [1.807, 2.05) is 12.1 Å². The summed E-state index contributed by atoms with van der Waals surface area (Å²) >= 11 is 12.1. The topological polar surface area (TPSA) is 60.5 Å². The van der Waals surface area contributed by atoms with E-state index in [2.05, 4.69) is 10.3 Å². The highest BCUT2D eigenvalue weighted by Gasteiger charge is 2.67. The summed E-state index contributed by atoms with van der Waals surface area (Å²) in [6.45, 7) is 2.10. The van der Waals surface area contributed by atoms with Gasteiger partial charge in [-0.3, -0.25) is 9.78 Å². The second-order valence-electron chi connectivity index (χ2n) is 6.18. The van der Waals surface area contributed by atoms with E-state index in [0.29, 0.717) is 30.2 Å². The minimum absolute atomic E-state index is 0.220. The van der Waals surface area contributed by atoms with Crippen molar-refractivity contribution in [2.24, 2.45) is 5.41 Å². The van der Waals surface area contributed by atoms with Gasteiger partial charge in [0.05, 0.1) is 12.5 Å². The first-order chi connectivity index (χ1) is 11.9. The molecule has 132 valence electrons. The lowest BCUT2D eigenvalue weighted by Crippen LogP contribution is -2.25. The number of methoxy groups -OCH3 is 1. The molecule has 1 N–H and O–H groups in total. The molecule has 0 aliphatic heterocycles. The van der Waals surface area contributed by atoms with Gasteiger partial charge in [-0.25, -0.2) is 0 Å². The van der Waals surface area contributed by atoms with Gasteiger partial charge in [0.15, 0.2) is 11.5 Å². The van der Waals surface area contributed by atoms with Gasteiger partial charge in [-0.15, -0.1) is 23.2 Å². The second-order valence-corrected chi connectivity index (χ2v) is 7.66. The van der Waals surface area contributed by atoms with Crippen LogP contribution in [-0.2, 0) is 11.4 Å². The van der Waals surface area contributed by atoms with Crippen LogP contribution in [0.2, 0.25) is 0 Å². The van der Waals surface area contributed by atoms with E-state index in [4.69, 9.17) is 32.7 Å². The number of ether oxygens (including phenoxy) is 2. The molecule has 1 aromatic heterocycles. The summed E-state index contributed by atoms with van der Waals surface area (Å²) in [6.07, 6.45) is 3.83. The van der Waals surface area contributed by atoms with Crippen molar-refractivity contribution in [1.29, 1.82) is 0 Å². The van der Waals surface area contributed by atoms with Crippen LogP contribution in [0.4, 0.5) is 5.69 Å². The fourth-order valence-corrected chi connectivity index (χ4v) is 3.13. The number of nitrogens with zero attached hydrogens (tertiary/aromatic N) is 1. The second kappa shape index (κ2) is 6.73. The predicted molar refractivity (Wildman–Crippen MR) is 97.4 cm³/mol. The van der Waals surface area contributed by atoms with Crippen molar-refractivity contribution in [1.82, 2.24) is 4.98 Å². The fourth-order valence-electron chi connectivity index (χ4n) is 2.42. The molecule has 1 aliphatic rings. The van der Waals surface area contributed by atoms with Crippen molar-refractivity contribution in [3.8, 4) is 11.5 Å². The number of rotatable bonds is 6. The van der Waals surface area contributed by atoms with Crippen molar-refractivity contribution in [2.45, 2.75) is 24.3 Å². The number of hydrogen-bond acceptors (Lipinski definition) is 4. The van der Waals surface area contributed by atoms with Gasteiger partial charge in [0.25, 0.3) is 0 Å². The van der Waals surface area contributed by atoms with Crippen LogP contribution in [0.15, 0.2) is 42.7 Å². The number of carbonyl (C=O) groups excluding carboxylic acids is 1. The van der Waals surface area contributed by atoms with Crippen LogP contribution < -0.4 is 14.8 Å². The Balaban J connectivity index is 1.72. The fraction of sp³-hybridized carbons (Fsp3) is 0.333. The first-order valence-corrected chi connectivity index (χ1v) is 8.50. The Morgan fingerprint density at radius 2 is 1.92 bits per heavy atom. The molecule has 1 amide bonds. The van der Waals surface area contributed by atoms with E-state index in [0.717, 1.165) is 5.56 Å². The number of alkyl halides is 2. The van der Waals surface area contributed by atoms with Gasteiger partial charge in [0.1, 0.15) is 10.9 Å². The third-order valence-electron chi connectivity index (χ3n) is 4.32. The third kappa shape index (κ3) is 3.67. The molecule has 1 aromatic carbocycles. The van der Waals surface area contributed by atoms with Crippen LogP contribution in [0.3, 0.4) is 0 Å². The largest absolute Gasteiger partial charge is 0.493 e. The highest BCUT2D eigenvalue weighted by Crippen LogP contribution is 2.64. The van der Waals surface area contributed by atoms with Crippen LogP contribution >= 0.6 is 23.2 Å². The van der Waals surface area contributed by atoms with E-state index in [9.17, 15) is 4.79 Å². The van der Waals surface area contributed by atoms with Gasteiger partial charge in [-0.1, -0.05) is 0 Å². The maximum absolute atomic E-state index is 12.4. The SMILES string of the molecule is COc1ccc(NC(=O)C2(C)CC2(Cl)Cl)cc1OCc1ccncc1. The lowest BCUT2D eigenvalue weighted by molar-refractivity contribution is -0.120. The Bertz CT molecular complexity index is 783.